The van der Waals surface area contributed by atoms with E-state index >= 15 is 0 Å². The fourth-order valence-electron chi connectivity index (χ4n) is 2.44. The van der Waals surface area contributed by atoms with E-state index in [2.05, 4.69) is 10.6 Å². The van der Waals surface area contributed by atoms with Crippen molar-refractivity contribution in [1.29, 1.82) is 0 Å². The van der Waals surface area contributed by atoms with Gasteiger partial charge in [-0.05, 0) is 47.2 Å². The number of unbranched alkanes of at least 4 members (excludes halogenated alkanes) is 4. The number of aliphatic carboxylic acids is 4. The number of hydrogen-bond acceptors (Lipinski definition) is 8. The maximum absolute atomic E-state index is 10.3. The summed E-state index contributed by atoms with van der Waals surface area (Å²) in [6.07, 6.45) is 6.79. The molecule has 0 radical (unpaired) electrons. The van der Waals surface area contributed by atoms with Crippen molar-refractivity contribution in [3.8, 4) is 0 Å². The van der Waals surface area contributed by atoms with E-state index < -0.39 is 23.9 Å². The molecule has 0 aromatic carbocycles. The summed E-state index contributed by atoms with van der Waals surface area (Å²) in [5, 5.41) is 39.9. The molecule has 0 aliphatic rings. The minimum absolute atomic E-state index is 0. The predicted octanol–water partition coefficient (Wildman–Crippen LogP) is -3.62. The van der Waals surface area contributed by atoms with Crippen LogP contribution in [0, 0.1) is 0 Å². The smallest absolute Gasteiger partial charge is 0.481 e. The van der Waals surface area contributed by atoms with Gasteiger partial charge in [0.1, 0.15) is 0 Å². The van der Waals surface area contributed by atoms with E-state index in [0.717, 1.165) is 69.4 Å². The number of thiol groups is 2. The average Bonchev–Trinajstić information content (AvgIpc) is 2.77. The Morgan fingerprint density at radius 2 is 0.763 bits per heavy atom. The number of thiocarbonyl (C=S) groups is 2. The number of carboxylic acid groups (broad SMARTS) is 4. The van der Waals surface area contributed by atoms with E-state index in [1.54, 1.807) is 0 Å². The molecule has 16 heteroatoms. The van der Waals surface area contributed by atoms with Crippen molar-refractivity contribution in [2.75, 3.05) is 24.6 Å². The topological polar surface area (TPSA) is 173 Å². The van der Waals surface area contributed by atoms with Gasteiger partial charge in [0.05, 0.1) is 0 Å². The number of carboxylic acids is 4. The molecule has 212 valence electrons. The quantitative estimate of drug-likeness (QED) is 0.0266. The fourth-order valence-corrected chi connectivity index (χ4v) is 4.81. The zero-order valence-electron chi connectivity index (χ0n) is 22.4. The first-order valence-electron chi connectivity index (χ1n) is 11.8. The second kappa shape index (κ2) is 32.8. The third-order valence-corrected chi connectivity index (χ3v) is 7.33. The van der Waals surface area contributed by atoms with E-state index in [1.807, 2.05) is 0 Å². The maximum Gasteiger partial charge on any atom is 1.00 e. The van der Waals surface area contributed by atoms with Gasteiger partial charge in [-0.2, -0.15) is 0 Å². The van der Waals surface area contributed by atoms with Crippen molar-refractivity contribution in [2.24, 2.45) is 0 Å². The zero-order chi connectivity index (χ0) is 27.6. The number of hydrogen-bond donors (Lipinski definition) is 6. The number of nitrogens with one attached hydrogen (secondary N) is 2. The SMILES string of the molecule is O=C(O)CCCCNC(=S)[SH-]CCCCC(=O)O.O=C(O)CCCCNC(=S)[SH-]CCCCC(=O)O.[Li+].[Li+]. The van der Waals surface area contributed by atoms with Crippen LogP contribution in [0.3, 0.4) is 0 Å². The normalized spacial score (nSPS) is 9.68. The standard InChI is InChI=1S/2C11H20NO4S2.2Li/c2*13-9(14)5-1-3-7-12-11(17)18-8-4-2-6-10(15)16;;/h2*18H,1-8H2,(H,12,17)(H,13,14)(H,15,16);;/q2*-1;2*+1. The Kier molecular flexibility index (Phi) is 38.4. The molecule has 0 saturated carbocycles. The predicted molar refractivity (Wildman–Crippen MR) is 154 cm³/mol. The van der Waals surface area contributed by atoms with E-state index in [1.165, 1.54) is 0 Å². The second-order valence-electron chi connectivity index (χ2n) is 7.63. The first-order chi connectivity index (χ1) is 17.0. The van der Waals surface area contributed by atoms with Crippen molar-refractivity contribution >= 4 is 80.5 Å². The minimum Gasteiger partial charge on any atom is -0.481 e. The second-order valence-corrected chi connectivity index (χ2v) is 11.5. The van der Waals surface area contributed by atoms with Gasteiger partial charge in [0, 0.05) is 38.8 Å². The Hall–Kier alpha value is -0.445. The van der Waals surface area contributed by atoms with Gasteiger partial charge in [-0.3, -0.25) is 19.2 Å². The largest absolute Gasteiger partial charge is 1.00 e. The third-order valence-electron chi connectivity index (χ3n) is 4.30. The summed E-state index contributed by atoms with van der Waals surface area (Å²) in [5.74, 6) is -1.32. The molecule has 0 aromatic rings. The molecule has 0 aliphatic carbocycles. The van der Waals surface area contributed by atoms with Crippen molar-refractivity contribution in [3.63, 3.8) is 0 Å². The molecule has 0 unspecified atom stereocenters. The first kappa shape index (κ1) is 44.6. The van der Waals surface area contributed by atoms with Crippen LogP contribution < -0.4 is 48.4 Å². The molecule has 0 amide bonds. The van der Waals surface area contributed by atoms with Crippen LogP contribution in [0.5, 0.6) is 0 Å². The molecule has 0 aromatic heterocycles. The van der Waals surface area contributed by atoms with Gasteiger partial charge in [-0.15, -0.1) is 11.5 Å². The fraction of sp³-hybridized carbons (Fsp3) is 0.727. The monoisotopic (exact) mass is 602 g/mol. The maximum atomic E-state index is 10.3. The Morgan fingerprint density at radius 3 is 1.03 bits per heavy atom. The van der Waals surface area contributed by atoms with Crippen LogP contribution in [0.4, 0.5) is 0 Å². The molecular formula is C22H40Li2N2O8S4. The van der Waals surface area contributed by atoms with E-state index in [9.17, 15) is 19.2 Å². The van der Waals surface area contributed by atoms with Gasteiger partial charge in [0.25, 0.3) is 0 Å². The first-order valence-corrected chi connectivity index (χ1v) is 14.8. The van der Waals surface area contributed by atoms with Crippen LogP contribution >= 0.6 is 24.4 Å². The molecular weight excluding hydrogens is 562 g/mol. The van der Waals surface area contributed by atoms with Gasteiger partial charge in [-0.25, -0.2) is 0 Å². The summed E-state index contributed by atoms with van der Waals surface area (Å²) >= 11 is 12.2. The molecule has 6 N–H and O–H groups in total. The van der Waals surface area contributed by atoms with Gasteiger partial charge < -0.3 is 54.6 Å². The Balaban J connectivity index is -0.000000289. The summed E-state index contributed by atoms with van der Waals surface area (Å²) in [6, 6.07) is 0. The van der Waals surface area contributed by atoms with Gasteiger partial charge in [0.2, 0.25) is 0 Å². The molecule has 10 nitrogen and oxygen atoms in total. The molecule has 0 heterocycles. The van der Waals surface area contributed by atoms with Gasteiger partial charge in [-0.1, -0.05) is 37.3 Å². The molecule has 0 fully saturated rings. The Morgan fingerprint density at radius 1 is 0.500 bits per heavy atom. The Bertz CT molecular complexity index is 584. The van der Waals surface area contributed by atoms with Crippen molar-refractivity contribution in [1.82, 2.24) is 10.6 Å². The van der Waals surface area contributed by atoms with Crippen LogP contribution in [0.2, 0.25) is 0 Å². The van der Waals surface area contributed by atoms with Crippen LogP contribution in [0.25, 0.3) is 0 Å². The summed E-state index contributed by atoms with van der Waals surface area (Å²) < 4.78 is 1.50. The Labute approximate surface area is 268 Å². The molecule has 0 saturated heterocycles. The summed E-state index contributed by atoms with van der Waals surface area (Å²) in [7, 11) is 0. The van der Waals surface area contributed by atoms with Crippen LogP contribution in [-0.2, 0) is 42.7 Å². The molecule has 38 heavy (non-hydrogen) atoms. The van der Waals surface area contributed by atoms with E-state index in [0.29, 0.717) is 38.8 Å². The average molecular weight is 603 g/mol. The van der Waals surface area contributed by atoms with Crippen molar-refractivity contribution in [2.45, 2.75) is 77.0 Å². The van der Waals surface area contributed by atoms with E-state index in [-0.39, 0.29) is 63.4 Å². The third kappa shape index (κ3) is 42.6. The molecule has 0 spiro atoms. The minimum atomic E-state index is -0.769. The van der Waals surface area contributed by atoms with Gasteiger partial charge >= 0.3 is 61.6 Å². The van der Waals surface area contributed by atoms with Crippen LogP contribution in [0.1, 0.15) is 77.0 Å². The number of rotatable bonds is 20. The number of carbonyl (C=O) groups is 4. The van der Waals surface area contributed by atoms with Crippen molar-refractivity contribution in [3.05, 3.63) is 0 Å². The molecule has 0 aliphatic heterocycles. The van der Waals surface area contributed by atoms with Gasteiger partial charge in [0.15, 0.2) is 0 Å². The van der Waals surface area contributed by atoms with Crippen molar-refractivity contribution < 1.29 is 77.3 Å². The summed E-state index contributed by atoms with van der Waals surface area (Å²) in [6.45, 7) is 1.41. The summed E-state index contributed by atoms with van der Waals surface area (Å²) in [4.78, 5) is 41.0. The van der Waals surface area contributed by atoms with Crippen LogP contribution in [-0.4, -0.2) is 77.5 Å². The summed E-state index contributed by atoms with van der Waals surface area (Å²) in [5.41, 5.74) is 0. The molecule has 0 rings (SSSR count). The molecule has 0 atom stereocenters. The molecule has 0 bridgehead atoms. The van der Waals surface area contributed by atoms with E-state index in [4.69, 9.17) is 44.9 Å². The van der Waals surface area contributed by atoms with Crippen LogP contribution in [0.15, 0.2) is 0 Å². The zero-order valence-corrected chi connectivity index (χ0v) is 25.9.